The quantitative estimate of drug-likeness (QED) is 0.828. The van der Waals surface area contributed by atoms with Crippen molar-refractivity contribution in [2.75, 3.05) is 39.6 Å². The fraction of sp³-hybridized carbons (Fsp3) is 0.429. The minimum atomic E-state index is -1.24. The van der Waals surface area contributed by atoms with Gasteiger partial charge in [-0.3, -0.25) is 0 Å². The van der Waals surface area contributed by atoms with Crippen molar-refractivity contribution in [1.29, 1.82) is 0 Å². The van der Waals surface area contributed by atoms with E-state index in [9.17, 15) is 19.8 Å². The SMILES string of the molecule is O=C(O)c1ccc(C(=O)O)c2c1OCCOCCOCCO2. The molecule has 0 radical (unpaired) electrons. The van der Waals surface area contributed by atoms with Crippen molar-refractivity contribution in [3.8, 4) is 11.5 Å². The molecule has 120 valence electrons. The third-order valence-corrected chi connectivity index (χ3v) is 2.89. The van der Waals surface area contributed by atoms with Crippen molar-refractivity contribution < 1.29 is 38.7 Å². The molecule has 8 heteroatoms. The Labute approximate surface area is 126 Å². The first-order valence-corrected chi connectivity index (χ1v) is 6.66. The number of rotatable bonds is 2. The van der Waals surface area contributed by atoms with Gasteiger partial charge >= 0.3 is 11.9 Å². The topological polar surface area (TPSA) is 112 Å². The highest BCUT2D eigenvalue weighted by molar-refractivity contribution is 5.98. The van der Waals surface area contributed by atoms with E-state index in [-0.39, 0.29) is 49.1 Å². The molecule has 2 N–H and O–H groups in total. The molecule has 0 bridgehead atoms. The van der Waals surface area contributed by atoms with E-state index >= 15 is 0 Å². The summed E-state index contributed by atoms with van der Waals surface area (Å²) in [6.45, 7) is 1.35. The second-order valence-corrected chi connectivity index (χ2v) is 4.35. The highest BCUT2D eigenvalue weighted by Gasteiger charge is 2.24. The van der Waals surface area contributed by atoms with E-state index in [1.165, 1.54) is 12.1 Å². The van der Waals surface area contributed by atoms with Crippen LogP contribution in [0.3, 0.4) is 0 Å². The number of hydrogen-bond donors (Lipinski definition) is 2. The lowest BCUT2D eigenvalue weighted by molar-refractivity contribution is 0.0216. The van der Waals surface area contributed by atoms with Crippen molar-refractivity contribution in [1.82, 2.24) is 0 Å². The van der Waals surface area contributed by atoms with E-state index in [1.54, 1.807) is 0 Å². The molecule has 0 amide bonds. The van der Waals surface area contributed by atoms with Crippen molar-refractivity contribution in [3.05, 3.63) is 23.3 Å². The lowest BCUT2D eigenvalue weighted by atomic mass is 10.1. The first-order valence-electron chi connectivity index (χ1n) is 6.66. The van der Waals surface area contributed by atoms with Crippen LogP contribution in [0.5, 0.6) is 11.5 Å². The number of aromatic carboxylic acids is 2. The molecule has 1 aliphatic rings. The molecule has 0 aromatic heterocycles. The van der Waals surface area contributed by atoms with Crippen LogP contribution >= 0.6 is 0 Å². The van der Waals surface area contributed by atoms with Gasteiger partial charge in [-0.15, -0.1) is 0 Å². The van der Waals surface area contributed by atoms with Crippen LogP contribution in [0.4, 0.5) is 0 Å². The number of ether oxygens (including phenoxy) is 4. The number of carbonyl (C=O) groups is 2. The van der Waals surface area contributed by atoms with E-state index < -0.39 is 11.9 Å². The molecule has 1 aromatic rings. The van der Waals surface area contributed by atoms with Crippen LogP contribution in [0, 0.1) is 0 Å². The summed E-state index contributed by atoms with van der Waals surface area (Å²) in [5.41, 5.74) is -0.337. The van der Waals surface area contributed by atoms with Gasteiger partial charge in [-0.1, -0.05) is 0 Å². The zero-order valence-electron chi connectivity index (χ0n) is 11.7. The normalized spacial score (nSPS) is 16.2. The van der Waals surface area contributed by atoms with E-state index in [2.05, 4.69) is 0 Å². The molecule has 0 aliphatic carbocycles. The van der Waals surface area contributed by atoms with Gasteiger partial charge in [-0.2, -0.15) is 0 Å². The molecular weight excluding hydrogens is 296 g/mol. The van der Waals surface area contributed by atoms with Crippen LogP contribution < -0.4 is 9.47 Å². The number of carboxylic acid groups (broad SMARTS) is 2. The Bertz CT molecular complexity index is 505. The monoisotopic (exact) mass is 312 g/mol. The molecule has 22 heavy (non-hydrogen) atoms. The molecule has 0 saturated carbocycles. The van der Waals surface area contributed by atoms with Gasteiger partial charge in [-0.05, 0) is 12.1 Å². The van der Waals surface area contributed by atoms with Crippen molar-refractivity contribution in [2.24, 2.45) is 0 Å². The largest absolute Gasteiger partial charge is 0.486 e. The highest BCUT2D eigenvalue weighted by Crippen LogP contribution is 2.35. The Balaban J connectivity index is 2.41. The fourth-order valence-electron chi connectivity index (χ4n) is 1.91. The molecule has 1 aromatic carbocycles. The second-order valence-electron chi connectivity index (χ2n) is 4.35. The molecular formula is C14H16O8. The predicted molar refractivity (Wildman–Crippen MR) is 73.0 cm³/mol. The fourth-order valence-corrected chi connectivity index (χ4v) is 1.91. The van der Waals surface area contributed by atoms with Crippen LogP contribution in [0.25, 0.3) is 0 Å². The van der Waals surface area contributed by atoms with Crippen molar-refractivity contribution in [3.63, 3.8) is 0 Å². The first-order chi connectivity index (χ1) is 10.6. The Morgan fingerprint density at radius 2 is 1.09 bits per heavy atom. The summed E-state index contributed by atoms with van der Waals surface area (Å²) in [6.07, 6.45) is 0. The summed E-state index contributed by atoms with van der Waals surface area (Å²) in [6, 6.07) is 2.36. The van der Waals surface area contributed by atoms with E-state index in [4.69, 9.17) is 18.9 Å². The number of fused-ring (bicyclic) bond motifs is 1. The van der Waals surface area contributed by atoms with Crippen LogP contribution in [0.2, 0.25) is 0 Å². The zero-order chi connectivity index (χ0) is 15.9. The third-order valence-electron chi connectivity index (χ3n) is 2.89. The number of benzene rings is 1. The Hall–Kier alpha value is -2.32. The van der Waals surface area contributed by atoms with Crippen LogP contribution in [-0.4, -0.2) is 61.8 Å². The molecule has 1 heterocycles. The Morgan fingerprint density at radius 3 is 1.45 bits per heavy atom. The summed E-state index contributed by atoms with van der Waals surface area (Å²) >= 11 is 0. The average Bonchev–Trinajstić information content (AvgIpc) is 2.46. The maximum Gasteiger partial charge on any atom is 0.339 e. The number of carboxylic acids is 2. The van der Waals surface area contributed by atoms with Gasteiger partial charge in [0.2, 0.25) is 0 Å². The molecule has 0 saturated heterocycles. The van der Waals surface area contributed by atoms with Crippen molar-refractivity contribution in [2.45, 2.75) is 0 Å². The second kappa shape index (κ2) is 7.62. The molecule has 1 aliphatic heterocycles. The number of hydrogen-bond acceptors (Lipinski definition) is 6. The van der Waals surface area contributed by atoms with Crippen LogP contribution in [-0.2, 0) is 9.47 Å². The molecule has 0 fully saturated rings. The lowest BCUT2D eigenvalue weighted by Crippen LogP contribution is -2.18. The summed E-state index contributed by atoms with van der Waals surface area (Å²) in [7, 11) is 0. The van der Waals surface area contributed by atoms with Gasteiger partial charge in [0.15, 0.2) is 11.5 Å². The summed E-state index contributed by atoms with van der Waals surface area (Å²) < 4.78 is 21.3. The lowest BCUT2D eigenvalue weighted by Gasteiger charge is -2.18. The first kappa shape index (κ1) is 16.1. The third kappa shape index (κ3) is 3.86. The smallest absolute Gasteiger partial charge is 0.339 e. The molecule has 0 atom stereocenters. The van der Waals surface area contributed by atoms with Gasteiger partial charge < -0.3 is 29.2 Å². The van der Waals surface area contributed by atoms with Crippen LogP contribution in [0.15, 0.2) is 12.1 Å². The van der Waals surface area contributed by atoms with Crippen molar-refractivity contribution >= 4 is 11.9 Å². The maximum absolute atomic E-state index is 11.3. The minimum absolute atomic E-state index is 0.0692. The van der Waals surface area contributed by atoms with Crippen LogP contribution in [0.1, 0.15) is 20.7 Å². The summed E-state index contributed by atoms with van der Waals surface area (Å²) in [5, 5.41) is 18.4. The maximum atomic E-state index is 11.3. The average molecular weight is 312 g/mol. The van der Waals surface area contributed by atoms with Gasteiger partial charge in [0.05, 0.1) is 26.4 Å². The standard InChI is InChI=1S/C14H16O8/c15-13(16)9-1-2-10(14(17)18)12-11(9)21-7-5-19-3-4-20-6-8-22-12/h1-2H,3-8H2,(H,15,16)(H,17,18). The minimum Gasteiger partial charge on any atom is -0.486 e. The molecule has 0 spiro atoms. The van der Waals surface area contributed by atoms with E-state index in [0.717, 1.165) is 0 Å². The summed E-state index contributed by atoms with van der Waals surface area (Å²) in [4.78, 5) is 22.6. The van der Waals surface area contributed by atoms with Gasteiger partial charge in [0.1, 0.15) is 24.3 Å². The molecule has 8 nitrogen and oxygen atoms in total. The summed E-state index contributed by atoms with van der Waals surface area (Å²) in [5.74, 6) is -2.70. The van der Waals surface area contributed by atoms with Gasteiger partial charge in [0, 0.05) is 0 Å². The molecule has 2 rings (SSSR count). The zero-order valence-corrected chi connectivity index (χ0v) is 11.7. The van der Waals surface area contributed by atoms with E-state index in [0.29, 0.717) is 13.2 Å². The highest BCUT2D eigenvalue weighted by atomic mass is 16.6. The predicted octanol–water partition coefficient (Wildman–Crippen LogP) is 0.887. The molecule has 0 unspecified atom stereocenters. The van der Waals surface area contributed by atoms with Gasteiger partial charge in [0.25, 0.3) is 0 Å². The Morgan fingerprint density at radius 1 is 0.727 bits per heavy atom. The van der Waals surface area contributed by atoms with Gasteiger partial charge in [-0.25, -0.2) is 9.59 Å². The Kier molecular flexibility index (Phi) is 5.56. The van der Waals surface area contributed by atoms with E-state index in [1.807, 2.05) is 0 Å².